The minimum absolute atomic E-state index is 0.194. The third-order valence-corrected chi connectivity index (χ3v) is 5.09. The van der Waals surface area contributed by atoms with Crippen LogP contribution in [0.2, 0.25) is 0 Å². The Kier molecular flexibility index (Phi) is 4.12. The van der Waals surface area contributed by atoms with Crippen molar-refractivity contribution < 1.29 is 9.18 Å². The van der Waals surface area contributed by atoms with Crippen molar-refractivity contribution in [2.75, 3.05) is 0 Å². The van der Waals surface area contributed by atoms with E-state index in [1.807, 2.05) is 24.3 Å². The summed E-state index contributed by atoms with van der Waals surface area (Å²) in [6.07, 6.45) is 1.99. The average Bonchev–Trinajstić information content (AvgIpc) is 3.52. The van der Waals surface area contributed by atoms with E-state index in [1.54, 1.807) is 12.1 Å². The molecular formula is C21H18FN5O2. The van der Waals surface area contributed by atoms with Gasteiger partial charge in [0.05, 0.1) is 5.52 Å². The Hall–Kier alpha value is -3.55. The molecule has 0 saturated heterocycles. The van der Waals surface area contributed by atoms with Gasteiger partial charge in [-0.2, -0.15) is 0 Å². The lowest BCUT2D eigenvalue weighted by molar-refractivity contribution is -0.122. The van der Waals surface area contributed by atoms with Gasteiger partial charge in [-0.15, -0.1) is 5.10 Å². The number of halogens is 1. The fourth-order valence-electron chi connectivity index (χ4n) is 3.44. The van der Waals surface area contributed by atoms with Crippen molar-refractivity contribution in [3.8, 4) is 0 Å². The zero-order valence-electron chi connectivity index (χ0n) is 15.5. The van der Waals surface area contributed by atoms with E-state index in [0.29, 0.717) is 11.5 Å². The van der Waals surface area contributed by atoms with Crippen molar-refractivity contribution in [3.05, 3.63) is 76.2 Å². The van der Waals surface area contributed by atoms with Crippen LogP contribution in [0.1, 0.15) is 30.1 Å². The Morgan fingerprint density at radius 1 is 1.14 bits per heavy atom. The molecule has 1 aliphatic carbocycles. The molecule has 0 unspecified atom stereocenters. The lowest BCUT2D eigenvalue weighted by atomic mass is 10.2. The lowest BCUT2D eigenvalue weighted by Crippen LogP contribution is -2.32. The number of rotatable bonds is 5. The van der Waals surface area contributed by atoms with Gasteiger partial charge in [0, 0.05) is 17.8 Å². The van der Waals surface area contributed by atoms with Gasteiger partial charge in [-0.1, -0.05) is 24.3 Å². The van der Waals surface area contributed by atoms with Gasteiger partial charge in [0.15, 0.2) is 5.65 Å². The van der Waals surface area contributed by atoms with Gasteiger partial charge in [0.25, 0.3) is 0 Å². The van der Waals surface area contributed by atoms with Gasteiger partial charge in [-0.25, -0.2) is 23.3 Å². The van der Waals surface area contributed by atoms with Crippen LogP contribution in [0.4, 0.5) is 4.39 Å². The number of aromatic nitrogens is 4. The summed E-state index contributed by atoms with van der Waals surface area (Å²) < 4.78 is 15.7. The minimum Gasteiger partial charge on any atom is -0.350 e. The van der Waals surface area contributed by atoms with E-state index in [4.69, 9.17) is 0 Å². The van der Waals surface area contributed by atoms with E-state index in [1.165, 1.54) is 21.2 Å². The van der Waals surface area contributed by atoms with E-state index in [-0.39, 0.29) is 36.4 Å². The summed E-state index contributed by atoms with van der Waals surface area (Å²) in [5.74, 6) is 0.292. The van der Waals surface area contributed by atoms with Crippen LogP contribution in [0.25, 0.3) is 16.6 Å². The fourth-order valence-corrected chi connectivity index (χ4v) is 3.44. The van der Waals surface area contributed by atoms with Gasteiger partial charge in [-0.3, -0.25) is 4.79 Å². The molecule has 8 heteroatoms. The molecule has 0 aliphatic heterocycles. The summed E-state index contributed by atoms with van der Waals surface area (Å²) in [6.45, 7) is 0.0547. The molecule has 1 aliphatic rings. The molecule has 0 bridgehead atoms. The second-order valence-corrected chi connectivity index (χ2v) is 7.26. The van der Waals surface area contributed by atoms with Crippen LogP contribution in [-0.4, -0.2) is 25.1 Å². The van der Waals surface area contributed by atoms with Crippen LogP contribution in [-0.2, 0) is 17.9 Å². The average molecular weight is 391 g/mol. The maximum Gasteiger partial charge on any atom is 0.352 e. The molecule has 1 amide bonds. The Bertz CT molecular complexity index is 1290. The van der Waals surface area contributed by atoms with E-state index < -0.39 is 0 Å². The predicted molar refractivity (Wildman–Crippen MR) is 105 cm³/mol. The molecule has 2 aromatic carbocycles. The van der Waals surface area contributed by atoms with Gasteiger partial charge >= 0.3 is 5.69 Å². The molecule has 7 nitrogen and oxygen atoms in total. The summed E-state index contributed by atoms with van der Waals surface area (Å²) in [6, 6.07) is 13.4. The molecule has 1 saturated carbocycles. The highest BCUT2D eigenvalue weighted by molar-refractivity contribution is 5.91. The largest absolute Gasteiger partial charge is 0.352 e. The molecule has 29 heavy (non-hydrogen) atoms. The third kappa shape index (κ3) is 3.26. The number of para-hydroxylation sites is 1. The second-order valence-electron chi connectivity index (χ2n) is 7.26. The molecule has 2 aromatic heterocycles. The van der Waals surface area contributed by atoms with Crippen molar-refractivity contribution in [1.82, 2.24) is 24.5 Å². The van der Waals surface area contributed by atoms with Gasteiger partial charge in [-0.05, 0) is 42.7 Å². The first-order valence-electron chi connectivity index (χ1n) is 9.49. The molecule has 2 heterocycles. The predicted octanol–water partition coefficient (Wildman–Crippen LogP) is 2.38. The third-order valence-electron chi connectivity index (χ3n) is 5.09. The maximum atomic E-state index is 13.0. The first-order valence-corrected chi connectivity index (χ1v) is 9.49. The highest BCUT2D eigenvalue weighted by atomic mass is 19.1. The van der Waals surface area contributed by atoms with Gasteiger partial charge < -0.3 is 5.32 Å². The van der Waals surface area contributed by atoms with Gasteiger partial charge in [0.2, 0.25) is 5.91 Å². The van der Waals surface area contributed by atoms with Crippen LogP contribution in [0.3, 0.4) is 0 Å². The summed E-state index contributed by atoms with van der Waals surface area (Å²) in [4.78, 5) is 30.0. The molecule has 4 aromatic rings. The van der Waals surface area contributed by atoms with E-state index in [9.17, 15) is 14.0 Å². The van der Waals surface area contributed by atoms with Crippen molar-refractivity contribution in [1.29, 1.82) is 0 Å². The molecule has 0 radical (unpaired) electrons. The number of hydrogen-bond acceptors (Lipinski definition) is 4. The van der Waals surface area contributed by atoms with Crippen LogP contribution in [0, 0.1) is 5.82 Å². The standard InChI is InChI=1S/C21H18FN5O2/c22-15-9-5-13(6-10-15)11-23-18(28)12-26-21(29)27-19(14-7-8-14)24-17-4-2-1-3-16(17)20(27)25-26/h1-6,9-10,14H,7-8,11-12H2,(H,23,28). The lowest BCUT2D eigenvalue weighted by Gasteiger charge is -2.05. The number of benzene rings is 2. The zero-order valence-corrected chi connectivity index (χ0v) is 15.5. The fraction of sp³-hybridized carbons (Fsp3) is 0.238. The highest BCUT2D eigenvalue weighted by Gasteiger charge is 2.30. The summed E-state index contributed by atoms with van der Waals surface area (Å²) in [5, 5.41) is 7.95. The van der Waals surface area contributed by atoms with Crippen molar-refractivity contribution in [2.24, 2.45) is 0 Å². The Balaban J connectivity index is 1.46. The normalized spacial score (nSPS) is 13.8. The van der Waals surface area contributed by atoms with Crippen LogP contribution in [0.5, 0.6) is 0 Å². The highest BCUT2D eigenvalue weighted by Crippen LogP contribution is 2.39. The van der Waals surface area contributed by atoms with Crippen molar-refractivity contribution >= 4 is 22.5 Å². The second kappa shape index (κ2) is 6.80. The smallest absolute Gasteiger partial charge is 0.350 e. The maximum absolute atomic E-state index is 13.0. The Morgan fingerprint density at radius 2 is 1.90 bits per heavy atom. The summed E-state index contributed by atoms with van der Waals surface area (Å²) in [5.41, 5.74) is 1.72. The number of fused-ring (bicyclic) bond motifs is 3. The number of amides is 1. The zero-order chi connectivity index (χ0) is 20.0. The molecule has 146 valence electrons. The molecular weight excluding hydrogens is 373 g/mol. The first kappa shape index (κ1) is 17.5. The van der Waals surface area contributed by atoms with E-state index in [0.717, 1.165) is 29.3 Å². The number of carbonyl (C=O) groups excluding carboxylic acids is 1. The topological polar surface area (TPSA) is 81.3 Å². The quantitative estimate of drug-likeness (QED) is 0.566. The monoisotopic (exact) mass is 391 g/mol. The van der Waals surface area contributed by atoms with Crippen molar-refractivity contribution in [2.45, 2.75) is 31.8 Å². The Morgan fingerprint density at radius 3 is 2.66 bits per heavy atom. The first-order chi connectivity index (χ1) is 14.1. The molecule has 1 fully saturated rings. The van der Waals surface area contributed by atoms with Crippen LogP contribution < -0.4 is 11.0 Å². The molecule has 5 rings (SSSR count). The van der Waals surface area contributed by atoms with E-state index >= 15 is 0 Å². The van der Waals surface area contributed by atoms with E-state index in [2.05, 4.69) is 15.4 Å². The summed E-state index contributed by atoms with van der Waals surface area (Å²) in [7, 11) is 0. The van der Waals surface area contributed by atoms with Gasteiger partial charge in [0.1, 0.15) is 18.2 Å². The minimum atomic E-state index is -0.364. The number of nitrogens with one attached hydrogen (secondary N) is 1. The van der Waals surface area contributed by atoms with Crippen LogP contribution >= 0.6 is 0 Å². The van der Waals surface area contributed by atoms with Crippen LogP contribution in [0.15, 0.2) is 53.3 Å². The SMILES string of the molecule is O=C(Cn1nc2c3ccccc3nc(C3CC3)n2c1=O)NCc1ccc(F)cc1. The number of hydrogen-bond donors (Lipinski definition) is 1. The molecule has 0 spiro atoms. The number of nitrogens with zero attached hydrogens (tertiary/aromatic N) is 4. The Labute approximate surface area is 164 Å². The molecule has 0 atom stereocenters. The van der Waals surface area contributed by atoms with Crippen molar-refractivity contribution in [3.63, 3.8) is 0 Å². The molecule has 1 N–H and O–H groups in total. The summed E-state index contributed by atoms with van der Waals surface area (Å²) >= 11 is 0. The number of carbonyl (C=O) groups is 1.